The molecule has 0 spiro atoms. The molecule has 0 aliphatic heterocycles. The highest BCUT2D eigenvalue weighted by molar-refractivity contribution is 6.09. The van der Waals surface area contributed by atoms with E-state index in [1.807, 2.05) is 18.2 Å². The van der Waals surface area contributed by atoms with Crippen LogP contribution in [0.15, 0.2) is 42.5 Å². The van der Waals surface area contributed by atoms with Gasteiger partial charge >= 0.3 is 0 Å². The molecule has 1 aliphatic rings. The molecule has 0 bridgehead atoms. The first kappa shape index (κ1) is 17.9. The second-order valence-electron chi connectivity index (χ2n) is 6.76. The highest BCUT2D eigenvalue weighted by Crippen LogP contribution is 2.35. The summed E-state index contributed by atoms with van der Waals surface area (Å²) in [6.07, 6.45) is 3.87. The Bertz CT molecular complexity index is 1080. The zero-order valence-corrected chi connectivity index (χ0v) is 15.4. The second kappa shape index (κ2) is 7.26. The summed E-state index contributed by atoms with van der Waals surface area (Å²) < 4.78 is 5.34. The summed E-state index contributed by atoms with van der Waals surface area (Å²) in [4.78, 5) is 28.0. The van der Waals surface area contributed by atoms with Crippen LogP contribution >= 0.6 is 0 Å². The summed E-state index contributed by atoms with van der Waals surface area (Å²) in [5.74, 6) is 0.383. The maximum atomic E-state index is 12.8. The zero-order valence-electron chi connectivity index (χ0n) is 15.4. The molecule has 2 aromatic carbocycles. The molecule has 0 atom stereocenters. The van der Waals surface area contributed by atoms with Gasteiger partial charge in [-0.05, 0) is 61.6 Å². The minimum atomic E-state index is -0.485. The summed E-state index contributed by atoms with van der Waals surface area (Å²) >= 11 is 0. The van der Waals surface area contributed by atoms with Gasteiger partial charge in [0, 0.05) is 28.8 Å². The molecule has 1 aliphatic carbocycles. The lowest BCUT2D eigenvalue weighted by Crippen LogP contribution is -2.17. The van der Waals surface area contributed by atoms with Crippen LogP contribution in [0.25, 0.3) is 10.9 Å². The molecular formula is C21H19N3O4. The topological polar surface area (TPSA) is 94.4 Å². The number of hydrogen-bond donors (Lipinski definition) is 1. The van der Waals surface area contributed by atoms with Crippen LogP contribution in [0.5, 0.6) is 5.75 Å². The van der Waals surface area contributed by atoms with Gasteiger partial charge in [0.2, 0.25) is 0 Å². The lowest BCUT2D eigenvalue weighted by molar-refractivity contribution is -0.384. The van der Waals surface area contributed by atoms with Crippen molar-refractivity contribution in [3.8, 4) is 5.75 Å². The number of methoxy groups -OCH3 is 1. The van der Waals surface area contributed by atoms with Crippen LogP contribution in [0.4, 0.5) is 11.4 Å². The highest BCUT2D eigenvalue weighted by Gasteiger charge is 2.21. The van der Waals surface area contributed by atoms with Crippen LogP contribution in [0.2, 0.25) is 0 Å². The Hall–Kier alpha value is -3.48. The summed E-state index contributed by atoms with van der Waals surface area (Å²) in [5, 5.41) is 14.7. The SMILES string of the molecule is COc1ccc2nc3c(c(NC(=O)c4ccc([N+](=O)[O-])cc4)c2c1)CCCC3. The minimum absolute atomic E-state index is 0.0481. The van der Waals surface area contributed by atoms with Crippen LogP contribution in [-0.4, -0.2) is 22.9 Å². The van der Waals surface area contributed by atoms with Crippen molar-refractivity contribution in [2.24, 2.45) is 0 Å². The molecule has 142 valence electrons. The molecule has 0 saturated carbocycles. The Morgan fingerprint density at radius 2 is 1.89 bits per heavy atom. The van der Waals surface area contributed by atoms with Gasteiger partial charge in [-0.15, -0.1) is 0 Å². The Morgan fingerprint density at radius 1 is 1.14 bits per heavy atom. The van der Waals surface area contributed by atoms with Crippen molar-refractivity contribution in [1.29, 1.82) is 0 Å². The van der Waals surface area contributed by atoms with Gasteiger partial charge in [0.05, 0.1) is 23.2 Å². The number of hydrogen-bond acceptors (Lipinski definition) is 5. The van der Waals surface area contributed by atoms with Crippen LogP contribution in [0.3, 0.4) is 0 Å². The van der Waals surface area contributed by atoms with Gasteiger partial charge in [0.25, 0.3) is 11.6 Å². The van der Waals surface area contributed by atoms with Gasteiger partial charge < -0.3 is 10.1 Å². The number of nitrogens with one attached hydrogen (secondary N) is 1. The van der Waals surface area contributed by atoms with E-state index in [4.69, 9.17) is 9.72 Å². The summed E-state index contributed by atoms with van der Waals surface area (Å²) in [7, 11) is 1.60. The Kier molecular flexibility index (Phi) is 4.65. The number of non-ortho nitro benzene ring substituents is 1. The number of fused-ring (bicyclic) bond motifs is 2. The number of rotatable bonds is 4. The van der Waals surface area contributed by atoms with Crippen molar-refractivity contribution in [3.63, 3.8) is 0 Å². The smallest absolute Gasteiger partial charge is 0.269 e. The van der Waals surface area contributed by atoms with Gasteiger partial charge in [0.1, 0.15) is 5.75 Å². The molecule has 0 saturated heterocycles. The van der Waals surface area contributed by atoms with Gasteiger partial charge in [-0.2, -0.15) is 0 Å². The lowest BCUT2D eigenvalue weighted by Gasteiger charge is -2.21. The number of pyridine rings is 1. The third-order valence-corrected chi connectivity index (χ3v) is 5.05. The fraction of sp³-hybridized carbons (Fsp3) is 0.238. The molecule has 1 aromatic heterocycles. The number of ether oxygens (including phenoxy) is 1. The van der Waals surface area contributed by atoms with Gasteiger partial charge in [-0.1, -0.05) is 0 Å². The van der Waals surface area contributed by atoms with Gasteiger partial charge in [-0.25, -0.2) is 0 Å². The fourth-order valence-corrected chi connectivity index (χ4v) is 3.59. The third-order valence-electron chi connectivity index (χ3n) is 5.05. The molecule has 0 fully saturated rings. The van der Waals surface area contributed by atoms with Crippen molar-refractivity contribution in [2.45, 2.75) is 25.7 Å². The number of amides is 1. The summed E-state index contributed by atoms with van der Waals surface area (Å²) in [6.45, 7) is 0. The van der Waals surface area contributed by atoms with Gasteiger partial charge in [-0.3, -0.25) is 19.9 Å². The molecule has 1 heterocycles. The van der Waals surface area contributed by atoms with E-state index < -0.39 is 4.92 Å². The number of nitrogens with zero attached hydrogens (tertiary/aromatic N) is 2. The van der Waals surface area contributed by atoms with E-state index >= 15 is 0 Å². The number of carbonyl (C=O) groups is 1. The highest BCUT2D eigenvalue weighted by atomic mass is 16.6. The van der Waals surface area contributed by atoms with E-state index in [1.165, 1.54) is 24.3 Å². The minimum Gasteiger partial charge on any atom is -0.497 e. The first-order valence-corrected chi connectivity index (χ1v) is 9.12. The third kappa shape index (κ3) is 3.26. The Balaban J connectivity index is 1.77. The molecule has 0 radical (unpaired) electrons. The molecular weight excluding hydrogens is 358 g/mol. The van der Waals surface area contributed by atoms with Crippen molar-refractivity contribution in [2.75, 3.05) is 12.4 Å². The summed E-state index contributed by atoms with van der Waals surface area (Å²) in [5.41, 5.74) is 3.95. The van der Waals surface area contributed by atoms with Crippen LogP contribution in [-0.2, 0) is 12.8 Å². The molecule has 7 nitrogen and oxygen atoms in total. The van der Waals surface area contributed by atoms with Crippen molar-refractivity contribution in [1.82, 2.24) is 4.98 Å². The van der Waals surface area contributed by atoms with E-state index in [-0.39, 0.29) is 11.6 Å². The first-order chi connectivity index (χ1) is 13.6. The molecule has 1 N–H and O–H groups in total. The van der Waals surface area contributed by atoms with Crippen LogP contribution < -0.4 is 10.1 Å². The van der Waals surface area contributed by atoms with Gasteiger partial charge in [0.15, 0.2) is 0 Å². The van der Waals surface area contributed by atoms with Crippen molar-refractivity contribution in [3.05, 3.63) is 69.4 Å². The van der Waals surface area contributed by atoms with Crippen molar-refractivity contribution < 1.29 is 14.5 Å². The van der Waals surface area contributed by atoms with Crippen LogP contribution in [0.1, 0.15) is 34.5 Å². The first-order valence-electron chi connectivity index (χ1n) is 9.12. The largest absolute Gasteiger partial charge is 0.497 e. The monoisotopic (exact) mass is 377 g/mol. The van der Waals surface area contributed by atoms with Crippen molar-refractivity contribution >= 4 is 28.2 Å². The predicted octanol–water partition coefficient (Wildman–Crippen LogP) is 4.28. The molecule has 4 rings (SSSR count). The standard InChI is InChI=1S/C21H19N3O4/c1-28-15-10-11-19-17(12-15)20(16-4-2-3-5-18(16)22-19)23-21(25)13-6-8-14(9-7-13)24(26)27/h6-12H,2-5H2,1H3,(H,22,23,25). The van der Waals surface area contributed by atoms with E-state index in [1.54, 1.807) is 7.11 Å². The normalized spacial score (nSPS) is 13.0. The molecule has 7 heteroatoms. The van der Waals surface area contributed by atoms with Crippen LogP contribution in [0, 0.1) is 10.1 Å². The molecule has 0 unspecified atom stereocenters. The number of anilines is 1. The van der Waals surface area contributed by atoms with E-state index in [0.29, 0.717) is 11.3 Å². The lowest BCUT2D eigenvalue weighted by atomic mass is 9.92. The number of nitro benzene ring substituents is 1. The zero-order chi connectivity index (χ0) is 19.7. The summed E-state index contributed by atoms with van der Waals surface area (Å²) in [6, 6.07) is 11.2. The maximum Gasteiger partial charge on any atom is 0.269 e. The quantitative estimate of drug-likeness (QED) is 0.541. The number of aromatic nitrogens is 1. The molecule has 1 amide bonds. The molecule has 28 heavy (non-hydrogen) atoms. The van der Waals surface area contributed by atoms with E-state index in [2.05, 4.69) is 5.32 Å². The maximum absolute atomic E-state index is 12.8. The number of carbonyl (C=O) groups excluding carboxylic acids is 1. The number of nitro groups is 1. The fourth-order valence-electron chi connectivity index (χ4n) is 3.59. The Labute approximate surface area is 161 Å². The number of aryl methyl sites for hydroxylation is 1. The van der Waals surface area contributed by atoms with E-state index in [0.717, 1.165) is 53.5 Å². The average Bonchev–Trinajstić information content (AvgIpc) is 2.73. The predicted molar refractivity (Wildman–Crippen MR) is 106 cm³/mol. The second-order valence-corrected chi connectivity index (χ2v) is 6.76. The number of benzene rings is 2. The average molecular weight is 377 g/mol. The molecule has 3 aromatic rings. The Morgan fingerprint density at radius 3 is 2.61 bits per heavy atom. The van der Waals surface area contributed by atoms with E-state index in [9.17, 15) is 14.9 Å².